The molecular formula is C24H51NO3S. The molecule has 1 N–H and O–H groups in total. The number of rotatable bonds is 24. The summed E-state index contributed by atoms with van der Waals surface area (Å²) in [5.74, 6) is 0. The van der Waals surface area contributed by atoms with Crippen molar-refractivity contribution in [3.05, 3.63) is 0 Å². The lowest BCUT2D eigenvalue weighted by Gasteiger charge is -2.07. The molecule has 0 saturated carbocycles. The highest BCUT2D eigenvalue weighted by Crippen LogP contribution is 2.11. The molecule has 0 radical (unpaired) electrons. The Kier molecular flexibility index (Phi) is 22.5. The highest BCUT2D eigenvalue weighted by Gasteiger charge is 2.08. The zero-order valence-electron chi connectivity index (χ0n) is 19.7. The Labute approximate surface area is 183 Å². The molecule has 0 bridgehead atoms. The molecule has 0 aliphatic heterocycles. The molecule has 0 rings (SSSR count). The first-order chi connectivity index (χ1) is 14.1. The molecule has 0 saturated heterocycles. The lowest BCUT2D eigenvalue weighted by Crippen LogP contribution is -2.27. The molecule has 0 aromatic heterocycles. The Balaban J connectivity index is 3.32. The molecule has 0 unspecified atom stereocenters. The molecule has 4 nitrogen and oxygen atoms in total. The van der Waals surface area contributed by atoms with Gasteiger partial charge in [0, 0.05) is 6.54 Å². The SMILES string of the molecule is CCCCCCCCCCCCNS(=O)(=O)OCCCCCCCCCCCC. The van der Waals surface area contributed by atoms with E-state index >= 15 is 0 Å². The molecule has 0 aliphatic rings. The number of hydrogen-bond donors (Lipinski definition) is 1. The van der Waals surface area contributed by atoms with E-state index in [1.165, 1.54) is 103 Å². The van der Waals surface area contributed by atoms with E-state index in [0.29, 0.717) is 13.2 Å². The molecule has 0 spiro atoms. The summed E-state index contributed by atoms with van der Waals surface area (Å²) in [6, 6.07) is 0. The third kappa shape index (κ3) is 24.0. The van der Waals surface area contributed by atoms with E-state index in [1.807, 2.05) is 0 Å². The first kappa shape index (κ1) is 28.9. The van der Waals surface area contributed by atoms with Gasteiger partial charge in [-0.25, -0.2) is 0 Å². The molecule has 29 heavy (non-hydrogen) atoms. The van der Waals surface area contributed by atoms with Gasteiger partial charge < -0.3 is 0 Å². The highest BCUT2D eigenvalue weighted by molar-refractivity contribution is 7.84. The fourth-order valence-electron chi connectivity index (χ4n) is 3.61. The van der Waals surface area contributed by atoms with E-state index in [2.05, 4.69) is 18.6 Å². The Morgan fingerprint density at radius 1 is 0.517 bits per heavy atom. The van der Waals surface area contributed by atoms with Gasteiger partial charge in [0.1, 0.15) is 0 Å². The second-order valence-corrected chi connectivity index (χ2v) is 9.97. The largest absolute Gasteiger partial charge is 0.335 e. The standard InChI is InChI=1S/C24H51NO3S/c1-3-5-7-9-11-13-15-17-19-21-23-25-29(26,27)28-24-22-20-18-16-14-12-10-8-6-4-2/h25H,3-24H2,1-2H3. The van der Waals surface area contributed by atoms with Crippen molar-refractivity contribution in [1.82, 2.24) is 4.72 Å². The molecule has 0 fully saturated rings. The molecule has 0 aliphatic carbocycles. The minimum atomic E-state index is -3.55. The van der Waals surface area contributed by atoms with Crippen LogP contribution in [0.3, 0.4) is 0 Å². The molecule has 176 valence electrons. The highest BCUT2D eigenvalue weighted by atomic mass is 32.2. The van der Waals surface area contributed by atoms with Gasteiger partial charge in [0.05, 0.1) is 6.61 Å². The Morgan fingerprint density at radius 3 is 1.28 bits per heavy atom. The molecule has 0 aromatic carbocycles. The number of nitrogens with one attached hydrogen (secondary N) is 1. The van der Waals surface area contributed by atoms with Crippen molar-refractivity contribution in [1.29, 1.82) is 0 Å². The Bertz CT molecular complexity index is 380. The van der Waals surface area contributed by atoms with Crippen molar-refractivity contribution in [2.45, 2.75) is 142 Å². The first-order valence-corrected chi connectivity index (χ1v) is 14.2. The quantitative estimate of drug-likeness (QED) is 0.159. The fraction of sp³-hybridized carbons (Fsp3) is 1.00. The minimum absolute atomic E-state index is 0.309. The van der Waals surface area contributed by atoms with Gasteiger partial charge in [0.25, 0.3) is 0 Å². The third-order valence-corrected chi connectivity index (χ3v) is 6.58. The normalized spacial score (nSPS) is 11.9. The summed E-state index contributed by atoms with van der Waals surface area (Å²) in [7, 11) is -3.55. The zero-order chi connectivity index (χ0) is 21.5. The molecule has 0 aromatic rings. The van der Waals surface area contributed by atoms with Gasteiger partial charge in [-0.3, -0.25) is 4.18 Å². The van der Waals surface area contributed by atoms with Gasteiger partial charge in [-0.05, 0) is 12.8 Å². The molecule has 0 atom stereocenters. The van der Waals surface area contributed by atoms with Crippen LogP contribution in [0.5, 0.6) is 0 Å². The van der Waals surface area contributed by atoms with E-state index in [1.54, 1.807) is 0 Å². The van der Waals surface area contributed by atoms with Crippen molar-refractivity contribution < 1.29 is 12.6 Å². The van der Waals surface area contributed by atoms with Crippen LogP contribution >= 0.6 is 0 Å². The summed E-state index contributed by atoms with van der Waals surface area (Å²) in [5.41, 5.74) is 0. The van der Waals surface area contributed by atoms with E-state index < -0.39 is 10.3 Å². The number of unbranched alkanes of at least 4 members (excludes halogenated alkanes) is 18. The van der Waals surface area contributed by atoms with Crippen LogP contribution in [-0.2, 0) is 14.5 Å². The predicted molar refractivity (Wildman–Crippen MR) is 127 cm³/mol. The average molecular weight is 434 g/mol. The minimum Gasteiger partial charge on any atom is -0.258 e. The summed E-state index contributed by atoms with van der Waals surface area (Å²) in [5, 5.41) is 0. The van der Waals surface area contributed by atoms with Crippen molar-refractivity contribution >= 4 is 10.3 Å². The molecular weight excluding hydrogens is 382 g/mol. The molecule has 0 amide bonds. The van der Waals surface area contributed by atoms with Gasteiger partial charge in [0.2, 0.25) is 0 Å². The van der Waals surface area contributed by atoms with E-state index in [0.717, 1.165) is 25.7 Å². The monoisotopic (exact) mass is 433 g/mol. The van der Waals surface area contributed by atoms with Crippen molar-refractivity contribution in [3.63, 3.8) is 0 Å². The van der Waals surface area contributed by atoms with Gasteiger partial charge in [-0.15, -0.1) is 0 Å². The predicted octanol–water partition coefficient (Wildman–Crippen LogP) is 7.68. The fourth-order valence-corrected chi connectivity index (χ4v) is 4.42. The summed E-state index contributed by atoms with van der Waals surface area (Å²) in [4.78, 5) is 0. The zero-order valence-corrected chi connectivity index (χ0v) is 20.5. The Morgan fingerprint density at radius 2 is 0.862 bits per heavy atom. The summed E-state index contributed by atoms with van der Waals surface area (Å²) >= 11 is 0. The summed E-state index contributed by atoms with van der Waals surface area (Å²) < 4.78 is 31.3. The molecule has 0 heterocycles. The maximum absolute atomic E-state index is 11.8. The second kappa shape index (κ2) is 22.6. The van der Waals surface area contributed by atoms with Gasteiger partial charge in [0.15, 0.2) is 0 Å². The van der Waals surface area contributed by atoms with E-state index in [9.17, 15) is 8.42 Å². The number of hydrogen-bond acceptors (Lipinski definition) is 3. The van der Waals surface area contributed by atoms with Crippen LogP contribution in [0.4, 0.5) is 0 Å². The van der Waals surface area contributed by atoms with Crippen molar-refractivity contribution in [2.24, 2.45) is 0 Å². The van der Waals surface area contributed by atoms with Gasteiger partial charge in [-0.1, -0.05) is 129 Å². The van der Waals surface area contributed by atoms with E-state index in [-0.39, 0.29) is 0 Å². The third-order valence-electron chi connectivity index (χ3n) is 5.55. The Hall–Kier alpha value is -0.130. The summed E-state index contributed by atoms with van der Waals surface area (Å²) in [6.07, 6.45) is 24.9. The smallest absolute Gasteiger partial charge is 0.258 e. The lowest BCUT2D eigenvalue weighted by atomic mass is 10.1. The van der Waals surface area contributed by atoms with Crippen LogP contribution in [0.2, 0.25) is 0 Å². The van der Waals surface area contributed by atoms with Crippen LogP contribution in [0.25, 0.3) is 0 Å². The maximum Gasteiger partial charge on any atom is 0.335 e. The van der Waals surface area contributed by atoms with Crippen LogP contribution in [-0.4, -0.2) is 21.6 Å². The average Bonchev–Trinajstić information content (AvgIpc) is 2.70. The van der Waals surface area contributed by atoms with Crippen LogP contribution in [0.1, 0.15) is 142 Å². The molecule has 5 heteroatoms. The van der Waals surface area contributed by atoms with Gasteiger partial charge >= 0.3 is 10.3 Å². The van der Waals surface area contributed by atoms with Gasteiger partial charge in [-0.2, -0.15) is 13.1 Å². The topological polar surface area (TPSA) is 55.4 Å². The summed E-state index contributed by atoms with van der Waals surface area (Å²) in [6.45, 7) is 5.30. The van der Waals surface area contributed by atoms with Crippen molar-refractivity contribution in [2.75, 3.05) is 13.2 Å². The van der Waals surface area contributed by atoms with Crippen LogP contribution in [0.15, 0.2) is 0 Å². The van der Waals surface area contributed by atoms with Crippen LogP contribution in [0, 0.1) is 0 Å². The lowest BCUT2D eigenvalue weighted by molar-refractivity contribution is 0.299. The van der Waals surface area contributed by atoms with Crippen LogP contribution < -0.4 is 4.72 Å². The van der Waals surface area contributed by atoms with Crippen molar-refractivity contribution in [3.8, 4) is 0 Å². The second-order valence-electron chi connectivity index (χ2n) is 8.53. The first-order valence-electron chi connectivity index (χ1n) is 12.8. The van der Waals surface area contributed by atoms with E-state index in [4.69, 9.17) is 4.18 Å². The maximum atomic E-state index is 11.8.